The quantitative estimate of drug-likeness (QED) is 0.748. The minimum atomic E-state index is 0.213. The highest BCUT2D eigenvalue weighted by atomic mass is 16.5. The Bertz CT molecular complexity index is 1020. The van der Waals surface area contributed by atoms with Crippen molar-refractivity contribution in [1.82, 2.24) is 24.2 Å². The number of anilines is 1. The molecule has 0 aromatic carbocycles. The molecule has 2 aromatic heterocycles. The molecule has 3 fully saturated rings. The molecule has 0 spiro atoms. The zero-order valence-corrected chi connectivity index (χ0v) is 18.5. The van der Waals surface area contributed by atoms with Gasteiger partial charge in [-0.3, -0.25) is 9.69 Å². The number of piperidine rings is 1. The van der Waals surface area contributed by atoms with Gasteiger partial charge in [0.15, 0.2) is 0 Å². The van der Waals surface area contributed by atoms with Crippen LogP contribution in [0, 0.1) is 5.92 Å². The van der Waals surface area contributed by atoms with Crippen molar-refractivity contribution in [3.8, 4) is 0 Å². The number of rotatable bonds is 4. The molecule has 4 atom stereocenters. The van der Waals surface area contributed by atoms with Gasteiger partial charge < -0.3 is 14.2 Å². The lowest BCUT2D eigenvalue weighted by molar-refractivity contribution is -0.0412. The Morgan fingerprint density at radius 3 is 2.68 bits per heavy atom. The summed E-state index contributed by atoms with van der Waals surface area (Å²) < 4.78 is 10.0. The van der Waals surface area contributed by atoms with E-state index in [1.165, 1.54) is 5.69 Å². The number of ether oxygens (including phenoxy) is 1. The van der Waals surface area contributed by atoms with E-state index in [4.69, 9.17) is 4.74 Å². The van der Waals surface area contributed by atoms with E-state index in [0.717, 1.165) is 70.0 Å². The molecular formula is C23H32N6O2. The van der Waals surface area contributed by atoms with Crippen LogP contribution in [-0.4, -0.2) is 62.6 Å². The maximum Gasteiger partial charge on any atom is 0.255 e. The highest BCUT2D eigenvalue weighted by Crippen LogP contribution is 2.37. The van der Waals surface area contributed by atoms with E-state index in [1.54, 1.807) is 6.33 Å². The molecule has 0 N–H and O–H groups in total. The third-order valence-electron chi connectivity index (χ3n) is 7.52. The summed E-state index contributed by atoms with van der Waals surface area (Å²) in [6, 6.07) is 4.58. The summed E-state index contributed by atoms with van der Waals surface area (Å²) in [6.45, 7) is 9.56. The first-order valence-electron chi connectivity index (χ1n) is 11.8. The van der Waals surface area contributed by atoms with Crippen LogP contribution in [0.4, 0.5) is 5.95 Å². The summed E-state index contributed by atoms with van der Waals surface area (Å²) in [4.78, 5) is 22.8. The molecule has 0 radical (unpaired) electrons. The maximum atomic E-state index is 13.4. The molecule has 0 saturated carbocycles. The predicted molar refractivity (Wildman–Crippen MR) is 117 cm³/mol. The van der Waals surface area contributed by atoms with Crippen LogP contribution in [0.5, 0.6) is 0 Å². The third kappa shape index (κ3) is 3.40. The second-order valence-corrected chi connectivity index (χ2v) is 10.2. The minimum absolute atomic E-state index is 0.213. The zero-order chi connectivity index (χ0) is 21.1. The number of nitrogens with zero attached hydrogens (tertiary/aromatic N) is 6. The smallest absolute Gasteiger partial charge is 0.255 e. The highest BCUT2D eigenvalue weighted by molar-refractivity contribution is 5.35. The first kappa shape index (κ1) is 19.5. The van der Waals surface area contributed by atoms with E-state index in [1.807, 2.05) is 4.68 Å². The van der Waals surface area contributed by atoms with Crippen LogP contribution in [0.25, 0.3) is 0 Å². The van der Waals surface area contributed by atoms with E-state index in [2.05, 4.69) is 50.4 Å². The number of morpholine rings is 1. The topological polar surface area (TPSA) is 68.4 Å². The minimum Gasteiger partial charge on any atom is -0.372 e. The molecule has 0 amide bonds. The molecule has 6 rings (SSSR count). The van der Waals surface area contributed by atoms with Crippen LogP contribution in [0.1, 0.15) is 56.3 Å². The largest absolute Gasteiger partial charge is 0.372 e. The van der Waals surface area contributed by atoms with Crippen LogP contribution >= 0.6 is 0 Å². The van der Waals surface area contributed by atoms with Gasteiger partial charge in [0.2, 0.25) is 5.95 Å². The Morgan fingerprint density at radius 2 is 1.90 bits per heavy atom. The monoisotopic (exact) mass is 424 g/mol. The van der Waals surface area contributed by atoms with Crippen molar-refractivity contribution in [2.75, 3.05) is 31.1 Å². The molecule has 4 aliphatic heterocycles. The van der Waals surface area contributed by atoms with Gasteiger partial charge in [0.05, 0.1) is 18.2 Å². The second-order valence-electron chi connectivity index (χ2n) is 10.2. The molecule has 0 unspecified atom stereocenters. The second kappa shape index (κ2) is 7.45. The summed E-state index contributed by atoms with van der Waals surface area (Å²) in [5.41, 5.74) is 2.33. The van der Waals surface area contributed by atoms with E-state index in [0.29, 0.717) is 24.0 Å². The van der Waals surface area contributed by atoms with E-state index in [9.17, 15) is 4.79 Å². The fraction of sp³-hybridized carbons (Fsp3) is 0.696. The molecule has 166 valence electrons. The summed E-state index contributed by atoms with van der Waals surface area (Å²) >= 11 is 0. The van der Waals surface area contributed by atoms with Crippen LogP contribution in [0.2, 0.25) is 0 Å². The summed E-state index contributed by atoms with van der Waals surface area (Å²) in [5.74, 6) is 1.79. The normalized spacial score (nSPS) is 30.1. The van der Waals surface area contributed by atoms with Crippen molar-refractivity contribution in [2.24, 2.45) is 5.92 Å². The molecule has 2 aromatic rings. The average molecular weight is 425 g/mol. The van der Waals surface area contributed by atoms with Crippen LogP contribution < -0.4 is 10.5 Å². The van der Waals surface area contributed by atoms with Crippen molar-refractivity contribution in [2.45, 2.75) is 70.4 Å². The van der Waals surface area contributed by atoms with Crippen molar-refractivity contribution in [3.63, 3.8) is 0 Å². The Labute approximate surface area is 182 Å². The number of hydrogen-bond donors (Lipinski definition) is 0. The van der Waals surface area contributed by atoms with Crippen molar-refractivity contribution >= 4 is 5.95 Å². The van der Waals surface area contributed by atoms with Crippen molar-refractivity contribution in [3.05, 3.63) is 40.1 Å². The van der Waals surface area contributed by atoms with Crippen LogP contribution in [0.15, 0.2) is 23.3 Å². The number of aromatic nitrogens is 4. The maximum absolute atomic E-state index is 13.4. The fourth-order valence-electron chi connectivity index (χ4n) is 6.18. The van der Waals surface area contributed by atoms with Gasteiger partial charge in [-0.15, -0.1) is 0 Å². The van der Waals surface area contributed by atoms with Gasteiger partial charge in [-0.25, -0.2) is 4.68 Å². The SMILES string of the molecule is CC(C)n1ncnc1N1C[C@@H]2C[C@H](C1)c1ccc(CN3C[C@H]4CC[C@@H](C3)O4)c(=O)n1C2. The van der Waals surface area contributed by atoms with Gasteiger partial charge in [-0.1, -0.05) is 6.07 Å². The van der Waals surface area contributed by atoms with Gasteiger partial charge in [0.1, 0.15) is 6.33 Å². The van der Waals surface area contributed by atoms with E-state index in [-0.39, 0.29) is 11.6 Å². The van der Waals surface area contributed by atoms with Crippen LogP contribution in [0.3, 0.4) is 0 Å². The first-order chi connectivity index (χ1) is 15.0. The first-order valence-corrected chi connectivity index (χ1v) is 11.8. The zero-order valence-electron chi connectivity index (χ0n) is 18.5. The lowest BCUT2D eigenvalue weighted by atomic mass is 9.83. The van der Waals surface area contributed by atoms with Crippen molar-refractivity contribution < 1.29 is 4.74 Å². The molecule has 3 saturated heterocycles. The van der Waals surface area contributed by atoms with E-state index < -0.39 is 0 Å². The van der Waals surface area contributed by atoms with Gasteiger partial charge in [0.25, 0.3) is 5.56 Å². The van der Waals surface area contributed by atoms with Gasteiger partial charge in [-0.05, 0) is 45.1 Å². The molecule has 8 heteroatoms. The number of fused-ring (bicyclic) bond motifs is 6. The standard InChI is InChI=1S/C23H32N6O2/c1-15(2)29-23(24-14-25-29)27-8-16-7-18(11-27)21-6-3-17(22(30)28(21)9-16)10-26-12-19-4-5-20(13-26)31-19/h3,6,14-16,18-20H,4-5,7-13H2,1-2H3/t16-,18+,19-,20+/m0/s1. The van der Waals surface area contributed by atoms with Gasteiger partial charge in [-0.2, -0.15) is 10.1 Å². The Morgan fingerprint density at radius 1 is 1.10 bits per heavy atom. The molecular weight excluding hydrogens is 392 g/mol. The van der Waals surface area contributed by atoms with E-state index >= 15 is 0 Å². The molecule has 6 heterocycles. The van der Waals surface area contributed by atoms with Crippen LogP contribution in [-0.2, 0) is 17.8 Å². The number of pyridine rings is 1. The molecule has 31 heavy (non-hydrogen) atoms. The lowest BCUT2D eigenvalue weighted by Crippen LogP contribution is -2.49. The summed E-state index contributed by atoms with van der Waals surface area (Å²) in [6.07, 6.45) is 5.85. The predicted octanol–water partition coefficient (Wildman–Crippen LogP) is 2.01. The van der Waals surface area contributed by atoms with Crippen molar-refractivity contribution in [1.29, 1.82) is 0 Å². The molecule has 0 aliphatic carbocycles. The van der Waals surface area contributed by atoms with Gasteiger partial charge >= 0.3 is 0 Å². The third-order valence-corrected chi connectivity index (χ3v) is 7.52. The lowest BCUT2D eigenvalue weighted by Gasteiger charge is -2.43. The summed E-state index contributed by atoms with van der Waals surface area (Å²) in [5, 5.41) is 4.42. The molecule has 4 aliphatic rings. The summed E-state index contributed by atoms with van der Waals surface area (Å²) in [7, 11) is 0. The Hall–Kier alpha value is -2.19. The molecule has 8 nitrogen and oxygen atoms in total. The Balaban J connectivity index is 1.24. The van der Waals surface area contributed by atoms with Gasteiger partial charge in [0, 0.05) is 56.4 Å². The average Bonchev–Trinajstić information content (AvgIpc) is 3.37. The highest BCUT2D eigenvalue weighted by Gasteiger charge is 2.37. The fourth-order valence-corrected chi connectivity index (χ4v) is 6.18. The number of hydrogen-bond acceptors (Lipinski definition) is 6. The molecule has 4 bridgehead atoms. The number of likely N-dealkylation sites (tertiary alicyclic amines) is 1. The Kier molecular flexibility index (Phi) is 4.68.